The molecule has 1 saturated heterocycles. The second-order valence-electron chi connectivity index (χ2n) is 10.8. The van der Waals surface area contributed by atoms with Crippen molar-refractivity contribution in [2.75, 3.05) is 24.7 Å². The lowest BCUT2D eigenvalue weighted by molar-refractivity contribution is 0.0927. The van der Waals surface area contributed by atoms with Crippen molar-refractivity contribution >= 4 is 40.7 Å². The first-order valence-corrected chi connectivity index (χ1v) is 14.6. The van der Waals surface area contributed by atoms with Gasteiger partial charge in [-0.2, -0.15) is 4.98 Å². The third kappa shape index (κ3) is 6.02. The second-order valence-corrected chi connectivity index (χ2v) is 11.2. The lowest BCUT2D eigenvalue weighted by Crippen LogP contribution is -2.41. The number of ether oxygens (including phenoxy) is 2. The largest absolute Gasteiger partial charge is 0.411 e. The van der Waals surface area contributed by atoms with Gasteiger partial charge < -0.3 is 24.7 Å². The van der Waals surface area contributed by atoms with E-state index in [0.29, 0.717) is 65.6 Å². The molecule has 1 amide bonds. The molecule has 6 rings (SSSR count). The highest BCUT2D eigenvalue weighted by molar-refractivity contribution is 6.30. The van der Waals surface area contributed by atoms with Gasteiger partial charge in [0.1, 0.15) is 11.2 Å². The zero-order valence-electron chi connectivity index (χ0n) is 23.4. The molecule has 4 heterocycles. The van der Waals surface area contributed by atoms with Gasteiger partial charge in [-0.3, -0.25) is 10.4 Å². The van der Waals surface area contributed by atoms with E-state index < -0.39 is 12.0 Å². The molecule has 220 valence electrons. The lowest BCUT2D eigenvalue weighted by atomic mass is 9.82. The summed E-state index contributed by atoms with van der Waals surface area (Å²) in [5.41, 5.74) is 8.41. The average Bonchev–Trinajstić information content (AvgIpc) is 3.39. The molecule has 4 aromatic rings. The van der Waals surface area contributed by atoms with Crippen molar-refractivity contribution in [3.8, 4) is 23.6 Å². The first-order chi connectivity index (χ1) is 20.9. The van der Waals surface area contributed by atoms with Crippen LogP contribution in [0.15, 0.2) is 48.8 Å². The Morgan fingerprint density at radius 1 is 1.16 bits per heavy atom. The van der Waals surface area contributed by atoms with E-state index >= 15 is 0 Å². The number of benzene rings is 1. The summed E-state index contributed by atoms with van der Waals surface area (Å²) in [6, 6.07) is 11.9. The highest BCUT2D eigenvalue weighted by atomic mass is 35.5. The van der Waals surface area contributed by atoms with Crippen LogP contribution in [0, 0.1) is 29.6 Å². The summed E-state index contributed by atoms with van der Waals surface area (Å²) in [5, 5.41) is 8.73. The van der Waals surface area contributed by atoms with Gasteiger partial charge in [-0.1, -0.05) is 41.9 Å². The molecular weight excluding hydrogens is 568 g/mol. The van der Waals surface area contributed by atoms with Gasteiger partial charge in [-0.05, 0) is 43.2 Å². The Balaban J connectivity index is 1.55. The van der Waals surface area contributed by atoms with E-state index in [9.17, 15) is 4.79 Å². The fourth-order valence-corrected chi connectivity index (χ4v) is 6.15. The Kier molecular flexibility index (Phi) is 8.22. The number of nitrogens with zero attached hydrogens (tertiary/aromatic N) is 6. The van der Waals surface area contributed by atoms with Crippen molar-refractivity contribution in [2.24, 2.45) is 17.6 Å². The van der Waals surface area contributed by atoms with Crippen molar-refractivity contribution in [2.45, 2.75) is 38.3 Å². The standard InChI is InChI=1S/C31H31ClN8O3/c1-2-19-8-10-20(11-9-19)17-40-26-25(22-14-23(32)16-35-15-22)36-29(27(33)43-30(34)41)37-28(26)38-31(40)39-12-13-42-18-24(39)21-6-4-3-5-7-21/h1,3-7,14-16,19-20,24,33H,8-13,17-18H2,(H2,34,41)/t19?,20?,24-/m0/s1. The fourth-order valence-electron chi connectivity index (χ4n) is 5.97. The van der Waals surface area contributed by atoms with Crippen LogP contribution in [-0.2, 0) is 16.0 Å². The van der Waals surface area contributed by atoms with E-state index in [1.54, 1.807) is 12.3 Å². The normalized spacial score (nSPS) is 20.5. The summed E-state index contributed by atoms with van der Waals surface area (Å²) in [6.45, 7) is 2.32. The third-order valence-corrected chi connectivity index (χ3v) is 8.27. The highest BCUT2D eigenvalue weighted by Crippen LogP contribution is 2.38. The predicted octanol–water partition coefficient (Wildman–Crippen LogP) is 4.98. The van der Waals surface area contributed by atoms with Crippen molar-refractivity contribution in [3.05, 3.63) is 65.2 Å². The van der Waals surface area contributed by atoms with Gasteiger partial charge >= 0.3 is 6.09 Å². The number of hydrogen-bond donors (Lipinski definition) is 2. The number of fused-ring (bicyclic) bond motifs is 1. The van der Waals surface area contributed by atoms with E-state index in [-0.39, 0.29) is 11.9 Å². The van der Waals surface area contributed by atoms with Gasteiger partial charge in [0.2, 0.25) is 11.8 Å². The molecule has 1 aliphatic carbocycles. The van der Waals surface area contributed by atoms with Crippen LogP contribution in [0.4, 0.5) is 10.7 Å². The van der Waals surface area contributed by atoms with Crippen molar-refractivity contribution in [1.29, 1.82) is 5.41 Å². The van der Waals surface area contributed by atoms with Gasteiger partial charge in [0.15, 0.2) is 5.65 Å². The van der Waals surface area contributed by atoms with E-state index in [2.05, 4.69) is 42.5 Å². The maximum atomic E-state index is 11.5. The molecule has 1 aliphatic heterocycles. The quantitative estimate of drug-likeness (QED) is 0.180. The summed E-state index contributed by atoms with van der Waals surface area (Å²) in [6.07, 6.45) is 11.7. The Morgan fingerprint density at radius 3 is 2.67 bits per heavy atom. The van der Waals surface area contributed by atoms with Crippen LogP contribution < -0.4 is 10.6 Å². The molecule has 2 fully saturated rings. The van der Waals surface area contributed by atoms with Crippen molar-refractivity contribution in [1.82, 2.24) is 24.5 Å². The minimum absolute atomic E-state index is 0.0806. The maximum Gasteiger partial charge on any atom is 0.411 e. The van der Waals surface area contributed by atoms with Gasteiger partial charge in [0.25, 0.3) is 5.90 Å². The monoisotopic (exact) mass is 598 g/mol. The minimum atomic E-state index is -1.13. The van der Waals surface area contributed by atoms with E-state index in [0.717, 1.165) is 37.2 Å². The summed E-state index contributed by atoms with van der Waals surface area (Å²) < 4.78 is 13.0. The summed E-state index contributed by atoms with van der Waals surface area (Å²) in [4.78, 5) is 32.3. The number of carbonyl (C=O) groups is 1. The number of carbonyl (C=O) groups excluding carboxylic acids is 1. The number of nitrogens with two attached hydrogens (primary N) is 1. The van der Waals surface area contributed by atoms with Crippen molar-refractivity contribution < 1.29 is 14.3 Å². The van der Waals surface area contributed by atoms with Gasteiger partial charge in [-0.25, -0.2) is 14.8 Å². The number of primary amides is 1. The van der Waals surface area contributed by atoms with Crippen LogP contribution >= 0.6 is 11.6 Å². The molecule has 12 heteroatoms. The zero-order valence-corrected chi connectivity index (χ0v) is 24.2. The van der Waals surface area contributed by atoms with Crippen LogP contribution in [0.3, 0.4) is 0 Å². The lowest BCUT2D eigenvalue weighted by Gasteiger charge is -2.37. The van der Waals surface area contributed by atoms with Gasteiger partial charge in [0, 0.05) is 37.0 Å². The van der Waals surface area contributed by atoms with Crippen LogP contribution in [0.5, 0.6) is 0 Å². The molecule has 3 N–H and O–H groups in total. The first kappa shape index (κ1) is 28.6. The van der Waals surface area contributed by atoms with Gasteiger partial charge in [-0.15, -0.1) is 12.3 Å². The summed E-state index contributed by atoms with van der Waals surface area (Å²) >= 11 is 6.36. The Hall–Kier alpha value is -4.53. The molecule has 2 aliphatic rings. The number of imidazole rings is 1. The molecule has 0 spiro atoms. The highest BCUT2D eigenvalue weighted by Gasteiger charge is 2.32. The van der Waals surface area contributed by atoms with E-state index in [1.165, 1.54) is 6.20 Å². The molecule has 0 unspecified atom stereocenters. The smallest absolute Gasteiger partial charge is 0.388 e. The average molecular weight is 599 g/mol. The van der Waals surface area contributed by atoms with Gasteiger partial charge in [0.05, 0.1) is 24.3 Å². The van der Waals surface area contributed by atoms with Crippen molar-refractivity contribution in [3.63, 3.8) is 0 Å². The number of aromatic nitrogens is 5. The minimum Gasteiger partial charge on any atom is -0.388 e. The molecule has 3 aromatic heterocycles. The molecular formula is C31H31ClN8O3. The number of nitrogens with one attached hydrogen (secondary N) is 1. The topological polar surface area (TPSA) is 145 Å². The third-order valence-electron chi connectivity index (χ3n) is 8.06. The summed E-state index contributed by atoms with van der Waals surface area (Å²) in [7, 11) is 0. The molecule has 1 aromatic carbocycles. The Labute approximate surface area is 253 Å². The molecule has 0 bridgehead atoms. The molecule has 0 radical (unpaired) electrons. The van der Waals surface area contributed by atoms with E-state index in [1.807, 2.05) is 18.2 Å². The zero-order chi connectivity index (χ0) is 29.9. The number of hydrogen-bond acceptors (Lipinski definition) is 9. The number of terminal acetylenes is 1. The maximum absolute atomic E-state index is 11.5. The summed E-state index contributed by atoms with van der Waals surface area (Å²) in [5.74, 6) is 3.59. The second kappa shape index (κ2) is 12.4. The fraction of sp³-hybridized carbons (Fsp3) is 0.355. The molecule has 11 nitrogen and oxygen atoms in total. The SMILES string of the molecule is C#CC1CCC(Cn2c(N3CCOC[C@H]3c3ccccc3)nc3nc(C(=N)OC(N)=O)nc(-c4cncc(Cl)c4)c32)CC1. The Bertz CT molecular complexity index is 1690. The number of rotatable bonds is 6. The molecule has 1 saturated carbocycles. The molecule has 43 heavy (non-hydrogen) atoms. The van der Waals surface area contributed by atoms with Crippen LogP contribution in [0.1, 0.15) is 43.1 Å². The number of anilines is 1. The van der Waals surface area contributed by atoms with Crippen LogP contribution in [0.2, 0.25) is 5.02 Å². The predicted molar refractivity (Wildman–Crippen MR) is 163 cm³/mol. The Morgan fingerprint density at radius 2 is 1.95 bits per heavy atom. The number of morpholine rings is 1. The van der Waals surface area contributed by atoms with E-state index in [4.69, 9.17) is 43.6 Å². The van der Waals surface area contributed by atoms with Crippen LogP contribution in [-0.4, -0.2) is 56.3 Å². The number of pyridine rings is 1. The van der Waals surface area contributed by atoms with Crippen LogP contribution in [0.25, 0.3) is 22.4 Å². The molecule has 1 atom stereocenters. The first-order valence-electron chi connectivity index (χ1n) is 14.2. The number of halogens is 1. The number of amides is 1.